The summed E-state index contributed by atoms with van der Waals surface area (Å²) >= 11 is 0. The number of H-pyrrole nitrogens is 1. The number of unbranched alkanes of at least 4 members (excludes halogenated alkanes) is 1. The Morgan fingerprint density at radius 3 is 2.38 bits per heavy atom. The molecule has 1 heterocycles. The van der Waals surface area contributed by atoms with E-state index in [0.29, 0.717) is 30.2 Å². The molecule has 4 rings (SSSR count). The Hall–Kier alpha value is -4.79. The number of amides is 2. The standard InChI is InChI=1S/C30H32N6O3/c1-3-5-19-35(30(39)36(18-4-2)27-13-9-6-10-24(27)20-28(37)38)21-22-14-16-23(17-15-22)25-11-7-8-12-26(25)29-31-33-34-32-29/h4,6-17H,2-3,5,18-21H2,1H3,(H,37,38)(H,31,32,33,34). The Balaban J connectivity index is 1.60. The van der Waals surface area contributed by atoms with Crippen molar-refractivity contribution in [2.45, 2.75) is 32.7 Å². The van der Waals surface area contributed by atoms with E-state index in [1.165, 1.54) is 0 Å². The van der Waals surface area contributed by atoms with Crippen molar-refractivity contribution < 1.29 is 14.7 Å². The number of aliphatic carboxylic acids is 1. The first-order chi connectivity index (χ1) is 19.0. The normalized spacial score (nSPS) is 10.7. The van der Waals surface area contributed by atoms with E-state index in [4.69, 9.17) is 0 Å². The predicted octanol–water partition coefficient (Wildman–Crippen LogP) is 5.58. The van der Waals surface area contributed by atoms with Gasteiger partial charge in [0.05, 0.1) is 6.42 Å². The lowest BCUT2D eigenvalue weighted by Crippen LogP contribution is -2.44. The number of urea groups is 1. The van der Waals surface area contributed by atoms with Gasteiger partial charge in [-0.2, -0.15) is 5.21 Å². The van der Waals surface area contributed by atoms with E-state index in [9.17, 15) is 14.7 Å². The first kappa shape index (κ1) is 27.3. The minimum Gasteiger partial charge on any atom is -0.481 e. The van der Waals surface area contributed by atoms with Crippen molar-refractivity contribution in [3.05, 3.63) is 96.6 Å². The molecule has 200 valence electrons. The van der Waals surface area contributed by atoms with Crippen LogP contribution in [-0.2, 0) is 17.8 Å². The number of carbonyl (C=O) groups is 2. The average molecular weight is 525 g/mol. The molecule has 0 saturated carbocycles. The second-order valence-corrected chi connectivity index (χ2v) is 9.13. The minimum atomic E-state index is -0.947. The maximum Gasteiger partial charge on any atom is 0.325 e. The Morgan fingerprint density at radius 2 is 1.72 bits per heavy atom. The molecule has 3 aromatic carbocycles. The lowest BCUT2D eigenvalue weighted by atomic mass is 9.98. The third kappa shape index (κ3) is 6.75. The van der Waals surface area contributed by atoms with Gasteiger partial charge in [0, 0.05) is 30.9 Å². The van der Waals surface area contributed by atoms with Crippen LogP contribution in [0.15, 0.2) is 85.5 Å². The molecule has 0 atom stereocenters. The van der Waals surface area contributed by atoms with Crippen LogP contribution in [0.2, 0.25) is 0 Å². The van der Waals surface area contributed by atoms with Crippen LogP contribution >= 0.6 is 0 Å². The van der Waals surface area contributed by atoms with Gasteiger partial charge >= 0.3 is 12.0 Å². The molecule has 2 amide bonds. The van der Waals surface area contributed by atoms with E-state index in [0.717, 1.165) is 35.1 Å². The van der Waals surface area contributed by atoms with Crippen molar-refractivity contribution in [3.8, 4) is 22.5 Å². The van der Waals surface area contributed by atoms with E-state index in [-0.39, 0.29) is 19.0 Å². The molecule has 9 nitrogen and oxygen atoms in total. The number of anilines is 1. The first-order valence-corrected chi connectivity index (χ1v) is 12.9. The summed E-state index contributed by atoms with van der Waals surface area (Å²) in [6.07, 6.45) is 3.27. The highest BCUT2D eigenvalue weighted by atomic mass is 16.4. The van der Waals surface area contributed by atoms with Crippen molar-refractivity contribution >= 4 is 17.7 Å². The topological polar surface area (TPSA) is 115 Å². The summed E-state index contributed by atoms with van der Waals surface area (Å²) in [4.78, 5) is 28.8. The minimum absolute atomic E-state index is 0.168. The highest BCUT2D eigenvalue weighted by Crippen LogP contribution is 2.30. The van der Waals surface area contributed by atoms with Gasteiger partial charge in [0.1, 0.15) is 0 Å². The summed E-state index contributed by atoms with van der Waals surface area (Å²) in [5.41, 5.74) is 5.01. The van der Waals surface area contributed by atoms with Crippen LogP contribution in [0.4, 0.5) is 10.5 Å². The number of nitrogens with zero attached hydrogens (tertiary/aromatic N) is 5. The Bertz CT molecular complexity index is 1400. The van der Waals surface area contributed by atoms with Crippen molar-refractivity contribution in [3.63, 3.8) is 0 Å². The summed E-state index contributed by atoms with van der Waals surface area (Å²) < 4.78 is 0. The van der Waals surface area contributed by atoms with E-state index in [1.807, 2.05) is 59.5 Å². The highest BCUT2D eigenvalue weighted by molar-refractivity contribution is 5.94. The summed E-state index contributed by atoms with van der Waals surface area (Å²) in [6.45, 7) is 7.17. The zero-order valence-corrected chi connectivity index (χ0v) is 22.0. The molecule has 0 aliphatic carbocycles. The number of carboxylic acids is 1. The van der Waals surface area contributed by atoms with E-state index >= 15 is 0 Å². The fraction of sp³-hybridized carbons (Fsp3) is 0.233. The average Bonchev–Trinajstić information content (AvgIpc) is 3.49. The Kier molecular flexibility index (Phi) is 9.18. The molecule has 0 fully saturated rings. The third-order valence-electron chi connectivity index (χ3n) is 6.37. The summed E-state index contributed by atoms with van der Waals surface area (Å²) in [7, 11) is 0. The molecule has 1 aromatic heterocycles. The van der Waals surface area contributed by atoms with Crippen LogP contribution in [0.3, 0.4) is 0 Å². The summed E-state index contributed by atoms with van der Waals surface area (Å²) in [6, 6.07) is 22.9. The van der Waals surface area contributed by atoms with Gasteiger partial charge in [0.15, 0.2) is 0 Å². The van der Waals surface area contributed by atoms with Gasteiger partial charge in [-0.25, -0.2) is 4.79 Å². The van der Waals surface area contributed by atoms with E-state index in [1.54, 1.807) is 29.2 Å². The van der Waals surface area contributed by atoms with Crippen LogP contribution in [0.25, 0.3) is 22.5 Å². The van der Waals surface area contributed by atoms with Crippen LogP contribution < -0.4 is 4.90 Å². The van der Waals surface area contributed by atoms with Gasteiger partial charge in [-0.3, -0.25) is 9.69 Å². The number of hydrogen-bond donors (Lipinski definition) is 2. The van der Waals surface area contributed by atoms with Gasteiger partial charge in [-0.1, -0.05) is 86.2 Å². The second-order valence-electron chi connectivity index (χ2n) is 9.13. The maximum atomic E-state index is 13.9. The molecule has 0 aliphatic heterocycles. The van der Waals surface area contributed by atoms with Crippen molar-refractivity contribution in [2.24, 2.45) is 0 Å². The maximum absolute atomic E-state index is 13.9. The Labute approximate surface area is 227 Å². The molecule has 0 bridgehead atoms. The molecular weight excluding hydrogens is 492 g/mol. The highest BCUT2D eigenvalue weighted by Gasteiger charge is 2.24. The molecule has 0 radical (unpaired) electrons. The molecule has 9 heteroatoms. The summed E-state index contributed by atoms with van der Waals surface area (Å²) in [5, 5.41) is 23.8. The molecule has 4 aromatic rings. The number of rotatable bonds is 12. The van der Waals surface area contributed by atoms with Gasteiger partial charge < -0.3 is 10.0 Å². The molecule has 0 unspecified atom stereocenters. The van der Waals surface area contributed by atoms with Crippen LogP contribution in [-0.4, -0.2) is 55.7 Å². The lowest BCUT2D eigenvalue weighted by Gasteiger charge is -2.31. The quantitative estimate of drug-likeness (QED) is 0.234. The number of hydrogen-bond acceptors (Lipinski definition) is 5. The number of aromatic amines is 1. The third-order valence-corrected chi connectivity index (χ3v) is 6.37. The number of carboxylic acid groups (broad SMARTS) is 1. The number of benzene rings is 3. The van der Waals surface area contributed by atoms with Crippen LogP contribution in [0.1, 0.15) is 30.9 Å². The van der Waals surface area contributed by atoms with Crippen molar-refractivity contribution in [2.75, 3.05) is 18.0 Å². The zero-order valence-electron chi connectivity index (χ0n) is 22.0. The predicted molar refractivity (Wildman–Crippen MR) is 151 cm³/mol. The first-order valence-electron chi connectivity index (χ1n) is 12.9. The van der Waals surface area contributed by atoms with E-state index < -0.39 is 5.97 Å². The summed E-state index contributed by atoms with van der Waals surface area (Å²) in [5.74, 6) is -0.422. The van der Waals surface area contributed by atoms with E-state index in [2.05, 4.69) is 34.1 Å². The molecule has 2 N–H and O–H groups in total. The lowest BCUT2D eigenvalue weighted by molar-refractivity contribution is -0.136. The number of carbonyl (C=O) groups excluding carboxylic acids is 1. The molecule has 39 heavy (non-hydrogen) atoms. The fourth-order valence-electron chi connectivity index (χ4n) is 4.47. The van der Waals surface area contributed by atoms with Crippen LogP contribution in [0, 0.1) is 0 Å². The van der Waals surface area contributed by atoms with Crippen LogP contribution in [0.5, 0.6) is 0 Å². The smallest absolute Gasteiger partial charge is 0.325 e. The molecule has 0 spiro atoms. The molecule has 0 aliphatic rings. The van der Waals surface area contributed by atoms with Crippen molar-refractivity contribution in [1.29, 1.82) is 0 Å². The number of tetrazole rings is 1. The number of aromatic nitrogens is 4. The molecular formula is C30H32N6O3. The SMILES string of the molecule is C=CCN(C(=O)N(CCCC)Cc1ccc(-c2ccccc2-c2nn[nH]n2)cc1)c1ccccc1CC(=O)O. The van der Waals surface area contributed by atoms with Crippen molar-refractivity contribution in [1.82, 2.24) is 25.5 Å². The number of nitrogens with one attached hydrogen (secondary N) is 1. The zero-order chi connectivity index (χ0) is 27.6. The largest absolute Gasteiger partial charge is 0.481 e. The van der Waals surface area contributed by atoms with Gasteiger partial charge in [0.25, 0.3) is 0 Å². The number of para-hydroxylation sites is 1. The monoisotopic (exact) mass is 524 g/mol. The van der Waals surface area contributed by atoms with Gasteiger partial charge in [0.2, 0.25) is 5.82 Å². The van der Waals surface area contributed by atoms with Gasteiger partial charge in [-0.15, -0.1) is 16.8 Å². The molecule has 0 saturated heterocycles. The van der Waals surface area contributed by atoms with Gasteiger partial charge in [-0.05, 0) is 40.0 Å². The second kappa shape index (κ2) is 13.1. The Morgan fingerprint density at radius 1 is 1.00 bits per heavy atom. The fourth-order valence-corrected chi connectivity index (χ4v) is 4.47.